The lowest BCUT2D eigenvalue weighted by Gasteiger charge is -2.23. The summed E-state index contributed by atoms with van der Waals surface area (Å²) in [4.78, 5) is 23.3. The van der Waals surface area contributed by atoms with E-state index in [4.69, 9.17) is 5.73 Å². The largest absolute Gasteiger partial charge is 0.393 e. The van der Waals surface area contributed by atoms with E-state index in [9.17, 15) is 41.3 Å². The Morgan fingerprint density at radius 1 is 1.03 bits per heavy atom. The van der Waals surface area contributed by atoms with Crippen LogP contribution < -0.4 is 16.0 Å². The second-order valence-electron chi connectivity index (χ2n) is 8.11. The number of anilines is 2. The van der Waals surface area contributed by atoms with Gasteiger partial charge in [0.1, 0.15) is 5.69 Å². The number of primary amides is 1. The van der Waals surface area contributed by atoms with Crippen molar-refractivity contribution in [2.75, 3.05) is 30.4 Å². The monoisotopic (exact) mass is 514 g/mol. The van der Waals surface area contributed by atoms with Gasteiger partial charge in [-0.25, -0.2) is 0 Å². The second kappa shape index (κ2) is 12.8. The molecule has 0 spiro atoms. The number of nitrogens with two attached hydrogens (primary N) is 1. The molecule has 1 aliphatic carbocycles. The normalized spacial score (nSPS) is 18.7. The van der Waals surface area contributed by atoms with Crippen molar-refractivity contribution in [3.05, 3.63) is 27.8 Å². The van der Waals surface area contributed by atoms with Crippen molar-refractivity contribution in [3.63, 3.8) is 0 Å². The summed E-state index contributed by atoms with van der Waals surface area (Å²) in [6.45, 7) is 3.77. The Morgan fingerprint density at radius 3 is 1.94 bits per heavy atom. The van der Waals surface area contributed by atoms with Gasteiger partial charge in [0.15, 0.2) is 0 Å². The van der Waals surface area contributed by atoms with Crippen molar-refractivity contribution in [3.8, 4) is 0 Å². The van der Waals surface area contributed by atoms with E-state index in [1.165, 1.54) is 18.0 Å². The van der Waals surface area contributed by atoms with Gasteiger partial charge >= 0.3 is 12.4 Å². The van der Waals surface area contributed by atoms with Crippen molar-refractivity contribution in [2.45, 2.75) is 64.7 Å². The third-order valence-electron chi connectivity index (χ3n) is 5.91. The van der Waals surface area contributed by atoms with Crippen LogP contribution in [-0.4, -0.2) is 43.3 Å². The van der Waals surface area contributed by atoms with Crippen molar-refractivity contribution in [2.24, 2.45) is 17.6 Å². The fourth-order valence-electron chi connectivity index (χ4n) is 4.06. The van der Waals surface area contributed by atoms with Gasteiger partial charge in [0.05, 0.1) is 28.0 Å². The summed E-state index contributed by atoms with van der Waals surface area (Å²) in [5.41, 5.74) is 4.97. The maximum Gasteiger partial charge on any atom is 0.393 e. The highest BCUT2D eigenvalue weighted by Gasteiger charge is 2.44. The molecule has 1 aliphatic heterocycles. The van der Waals surface area contributed by atoms with E-state index in [2.05, 4.69) is 5.32 Å². The first-order valence-corrected chi connectivity index (χ1v) is 11.4. The molecule has 1 amide bonds. The summed E-state index contributed by atoms with van der Waals surface area (Å²) < 4.78 is 74.2. The van der Waals surface area contributed by atoms with Crippen LogP contribution in [0.1, 0.15) is 62.7 Å². The molecule has 2 aliphatic rings. The van der Waals surface area contributed by atoms with Gasteiger partial charge in [0, 0.05) is 26.2 Å². The highest BCUT2D eigenvalue weighted by Crippen LogP contribution is 2.39. The number of carbonyl (C=O) groups excluding carboxylic acids is 1. The molecule has 1 saturated carbocycles. The van der Waals surface area contributed by atoms with Crippen molar-refractivity contribution in [1.82, 2.24) is 0 Å². The Bertz CT molecular complexity index is 855. The van der Waals surface area contributed by atoms with Crippen LogP contribution in [0.3, 0.4) is 0 Å². The van der Waals surface area contributed by atoms with E-state index in [1.54, 1.807) is 0 Å². The predicted molar refractivity (Wildman–Crippen MR) is 122 cm³/mol. The fourth-order valence-corrected chi connectivity index (χ4v) is 4.06. The van der Waals surface area contributed by atoms with Gasteiger partial charge < -0.3 is 16.0 Å². The summed E-state index contributed by atoms with van der Waals surface area (Å²) in [5.74, 6) is -3.43. The highest BCUT2D eigenvalue weighted by atomic mass is 19.4. The Morgan fingerprint density at radius 2 is 1.57 bits per heavy atom. The number of alkyl halides is 6. The third-order valence-corrected chi connectivity index (χ3v) is 5.91. The Kier molecular flexibility index (Phi) is 11.1. The minimum atomic E-state index is -4.33. The Balaban J connectivity index is 0.000000425. The number of amides is 1. The van der Waals surface area contributed by atoms with E-state index in [-0.39, 0.29) is 42.1 Å². The SMILES string of the molecule is CC.CNc1cc(N2CCC(C(F)(F)F)C2)c(C(N)=O)cc1[N+](=O)[O-].FC(F)(F)C1CCCCC1. The molecule has 7 nitrogen and oxygen atoms in total. The fraction of sp³-hybridized carbons (Fsp3) is 0.682. The number of benzene rings is 1. The molecule has 200 valence electrons. The summed E-state index contributed by atoms with van der Waals surface area (Å²) in [5, 5.41) is 13.6. The Labute approximate surface area is 200 Å². The first-order valence-electron chi connectivity index (χ1n) is 11.4. The average molecular weight is 515 g/mol. The summed E-state index contributed by atoms with van der Waals surface area (Å²) in [6, 6.07) is 2.28. The van der Waals surface area contributed by atoms with Crippen LogP contribution in [0.4, 0.5) is 43.4 Å². The average Bonchev–Trinajstić information content (AvgIpc) is 3.31. The molecular formula is C22H32F6N4O3. The van der Waals surface area contributed by atoms with Crippen molar-refractivity contribution in [1.29, 1.82) is 0 Å². The van der Waals surface area contributed by atoms with Crippen LogP contribution in [0, 0.1) is 22.0 Å². The highest BCUT2D eigenvalue weighted by molar-refractivity contribution is 6.01. The lowest BCUT2D eigenvalue weighted by atomic mass is 9.89. The van der Waals surface area contributed by atoms with E-state index < -0.39 is 35.0 Å². The molecular weight excluding hydrogens is 482 g/mol. The number of rotatable bonds is 4. The zero-order valence-corrected chi connectivity index (χ0v) is 19.9. The van der Waals surface area contributed by atoms with Gasteiger partial charge in [-0.05, 0) is 25.3 Å². The molecule has 35 heavy (non-hydrogen) atoms. The number of halogens is 6. The smallest absolute Gasteiger partial charge is 0.383 e. The van der Waals surface area contributed by atoms with Crippen LogP contribution in [-0.2, 0) is 0 Å². The summed E-state index contributed by atoms with van der Waals surface area (Å²) in [7, 11) is 1.44. The van der Waals surface area contributed by atoms with Crippen LogP contribution in [0.25, 0.3) is 0 Å². The number of nitrogens with one attached hydrogen (secondary N) is 1. The van der Waals surface area contributed by atoms with E-state index in [0.717, 1.165) is 25.3 Å². The quantitative estimate of drug-likeness (QED) is 0.280. The first kappa shape index (κ1) is 30.3. The number of hydrogen-bond donors (Lipinski definition) is 2. The topological polar surface area (TPSA) is 102 Å². The molecule has 1 saturated heterocycles. The molecule has 1 aromatic rings. The molecule has 3 rings (SSSR count). The Hall–Kier alpha value is -2.73. The molecule has 0 bridgehead atoms. The first-order chi connectivity index (χ1) is 16.3. The zero-order chi connectivity index (χ0) is 27.0. The van der Waals surface area contributed by atoms with Gasteiger partial charge in [-0.2, -0.15) is 26.3 Å². The summed E-state index contributed by atoms with van der Waals surface area (Å²) >= 11 is 0. The molecule has 1 aromatic carbocycles. The third kappa shape index (κ3) is 8.46. The van der Waals surface area contributed by atoms with Gasteiger partial charge in [0.2, 0.25) is 0 Å². The molecule has 3 N–H and O–H groups in total. The minimum Gasteiger partial charge on any atom is -0.383 e. The summed E-state index contributed by atoms with van der Waals surface area (Å²) in [6.07, 6.45) is -5.17. The van der Waals surface area contributed by atoms with E-state index in [1.807, 2.05) is 13.8 Å². The lowest BCUT2D eigenvalue weighted by Crippen LogP contribution is -2.29. The number of nitro groups is 1. The second-order valence-corrected chi connectivity index (χ2v) is 8.11. The molecule has 0 radical (unpaired) electrons. The predicted octanol–water partition coefficient (Wildman–Crippen LogP) is 6.28. The van der Waals surface area contributed by atoms with Crippen molar-refractivity contribution >= 4 is 23.0 Å². The van der Waals surface area contributed by atoms with E-state index in [0.29, 0.717) is 12.8 Å². The number of carbonyl (C=O) groups is 1. The standard InChI is InChI=1S/C13H15F3N4O3.C7H11F3.C2H6/c1-18-9-5-10(8(12(17)21)4-11(9)20(22)23)19-3-2-7(6-19)13(14,15)16;8-7(9,10)6-4-2-1-3-5-6;1-2/h4-5,7,18H,2-3,6H2,1H3,(H2,17,21);6H,1-5H2;1-2H3. The maximum absolute atomic E-state index is 12.8. The van der Waals surface area contributed by atoms with Crippen LogP contribution in [0.2, 0.25) is 0 Å². The van der Waals surface area contributed by atoms with Gasteiger partial charge in [0.25, 0.3) is 11.6 Å². The minimum absolute atomic E-state index is 0.0887. The van der Waals surface area contributed by atoms with Gasteiger partial charge in [-0.15, -0.1) is 0 Å². The maximum atomic E-state index is 12.8. The van der Waals surface area contributed by atoms with Crippen molar-refractivity contribution < 1.29 is 36.1 Å². The number of nitro benzene ring substituents is 1. The van der Waals surface area contributed by atoms with Gasteiger partial charge in [-0.3, -0.25) is 14.9 Å². The number of hydrogen-bond acceptors (Lipinski definition) is 5. The van der Waals surface area contributed by atoms with E-state index >= 15 is 0 Å². The molecule has 1 atom stereocenters. The zero-order valence-electron chi connectivity index (χ0n) is 19.9. The lowest BCUT2D eigenvalue weighted by molar-refractivity contribution is -0.383. The van der Waals surface area contributed by atoms with Crippen LogP contribution in [0.5, 0.6) is 0 Å². The van der Waals surface area contributed by atoms with Crippen LogP contribution >= 0.6 is 0 Å². The molecule has 1 unspecified atom stereocenters. The number of nitrogens with zero attached hydrogens (tertiary/aromatic N) is 2. The molecule has 2 fully saturated rings. The molecule has 1 heterocycles. The van der Waals surface area contributed by atoms with Gasteiger partial charge in [-0.1, -0.05) is 33.1 Å². The molecule has 13 heteroatoms. The van der Waals surface area contributed by atoms with Crippen LogP contribution in [0.15, 0.2) is 12.1 Å². The molecule has 0 aromatic heterocycles.